The number of likely N-dealkylation sites (tertiary alicyclic amines) is 1. The average Bonchev–Trinajstić information content (AvgIpc) is 2.87. The molecular formula is C13H17F3N2O2S. The van der Waals surface area contributed by atoms with Gasteiger partial charge in [-0.2, -0.15) is 13.2 Å². The van der Waals surface area contributed by atoms with Crippen LogP contribution < -0.4 is 0 Å². The molecule has 21 heavy (non-hydrogen) atoms. The predicted molar refractivity (Wildman–Crippen MR) is 72.1 cm³/mol. The van der Waals surface area contributed by atoms with E-state index >= 15 is 0 Å². The Morgan fingerprint density at radius 3 is 3.00 bits per heavy atom. The fourth-order valence-electron chi connectivity index (χ4n) is 2.34. The number of ether oxygens (including phenoxy) is 1. The summed E-state index contributed by atoms with van der Waals surface area (Å²) >= 11 is 1.27. The molecule has 0 saturated carbocycles. The summed E-state index contributed by atoms with van der Waals surface area (Å²) in [5.41, 5.74) is 0.223. The van der Waals surface area contributed by atoms with Gasteiger partial charge in [0.2, 0.25) is 0 Å². The van der Waals surface area contributed by atoms with Crippen molar-refractivity contribution in [3.8, 4) is 0 Å². The summed E-state index contributed by atoms with van der Waals surface area (Å²) in [7, 11) is 0. The Bertz CT molecular complexity index is 490. The summed E-state index contributed by atoms with van der Waals surface area (Å²) in [6.45, 7) is 2.94. The Balaban J connectivity index is 1.94. The first kappa shape index (κ1) is 16.2. The molecule has 0 N–H and O–H groups in total. The van der Waals surface area contributed by atoms with Crippen molar-refractivity contribution in [2.24, 2.45) is 5.92 Å². The molecule has 0 aliphatic carbocycles. The van der Waals surface area contributed by atoms with Gasteiger partial charge in [0.05, 0.1) is 19.1 Å². The van der Waals surface area contributed by atoms with E-state index in [0.29, 0.717) is 24.5 Å². The van der Waals surface area contributed by atoms with Gasteiger partial charge in [-0.05, 0) is 26.3 Å². The van der Waals surface area contributed by atoms with Crippen LogP contribution in [-0.2, 0) is 11.3 Å². The maximum absolute atomic E-state index is 12.7. The van der Waals surface area contributed by atoms with Gasteiger partial charge in [0.1, 0.15) is 5.01 Å². The van der Waals surface area contributed by atoms with E-state index in [1.54, 1.807) is 17.2 Å². The summed E-state index contributed by atoms with van der Waals surface area (Å²) in [5.74, 6) is -1.76. The number of piperidine rings is 1. The minimum atomic E-state index is -4.14. The lowest BCUT2D eigenvalue weighted by molar-refractivity contribution is -0.187. The molecule has 1 fully saturated rings. The SMILES string of the molecule is CCOC(=O)c1csc(CN2CCC[C@@H](C(F)(F)F)C2)n1. The lowest BCUT2D eigenvalue weighted by Gasteiger charge is -2.33. The zero-order valence-electron chi connectivity index (χ0n) is 11.7. The van der Waals surface area contributed by atoms with Crippen molar-refractivity contribution in [3.63, 3.8) is 0 Å². The van der Waals surface area contributed by atoms with Crippen LogP contribution in [0.1, 0.15) is 35.3 Å². The highest BCUT2D eigenvalue weighted by atomic mass is 32.1. The quantitative estimate of drug-likeness (QED) is 0.799. The van der Waals surface area contributed by atoms with Gasteiger partial charge in [-0.1, -0.05) is 0 Å². The number of hydrogen-bond donors (Lipinski definition) is 0. The molecule has 0 spiro atoms. The molecule has 0 bridgehead atoms. The Kier molecular flexibility index (Phi) is 5.21. The van der Waals surface area contributed by atoms with Crippen LogP contribution in [0, 0.1) is 5.92 Å². The largest absolute Gasteiger partial charge is 0.461 e. The molecule has 0 amide bonds. The molecule has 1 aliphatic rings. The molecule has 4 nitrogen and oxygen atoms in total. The summed E-state index contributed by atoms with van der Waals surface area (Å²) < 4.78 is 43.1. The van der Waals surface area contributed by atoms with Crippen LogP contribution in [0.25, 0.3) is 0 Å². The second-order valence-electron chi connectivity index (χ2n) is 4.96. The minimum absolute atomic E-state index is 0.00216. The Morgan fingerprint density at radius 1 is 1.57 bits per heavy atom. The molecule has 1 aromatic rings. The van der Waals surface area contributed by atoms with Crippen molar-refractivity contribution in [1.29, 1.82) is 0 Å². The van der Waals surface area contributed by atoms with E-state index in [1.165, 1.54) is 11.3 Å². The van der Waals surface area contributed by atoms with Crippen LogP contribution in [0.2, 0.25) is 0 Å². The number of aromatic nitrogens is 1. The highest BCUT2D eigenvalue weighted by Crippen LogP contribution is 2.33. The van der Waals surface area contributed by atoms with Crippen LogP contribution in [0.15, 0.2) is 5.38 Å². The lowest BCUT2D eigenvalue weighted by Crippen LogP contribution is -2.41. The third-order valence-corrected chi connectivity index (χ3v) is 4.20. The molecule has 118 valence electrons. The highest BCUT2D eigenvalue weighted by molar-refractivity contribution is 7.09. The van der Waals surface area contributed by atoms with E-state index in [4.69, 9.17) is 4.74 Å². The van der Waals surface area contributed by atoms with E-state index in [0.717, 1.165) is 0 Å². The molecule has 1 aliphatic heterocycles. The maximum Gasteiger partial charge on any atom is 0.393 e. The second kappa shape index (κ2) is 6.74. The summed E-state index contributed by atoms with van der Waals surface area (Å²) in [6, 6.07) is 0. The van der Waals surface area contributed by atoms with Gasteiger partial charge in [0.15, 0.2) is 5.69 Å². The molecule has 0 unspecified atom stereocenters. The monoisotopic (exact) mass is 322 g/mol. The fraction of sp³-hybridized carbons (Fsp3) is 0.692. The number of carbonyl (C=O) groups excluding carboxylic acids is 1. The Hall–Kier alpha value is -1.15. The standard InChI is InChI=1S/C13H17F3N2O2S/c1-2-20-12(19)10-8-21-11(17-10)7-18-5-3-4-9(6-18)13(14,15)16/h8-9H,2-7H2,1H3/t9-/m1/s1. The minimum Gasteiger partial charge on any atom is -0.461 e. The number of thiazole rings is 1. The van der Waals surface area contributed by atoms with Crippen LogP contribution in [0.3, 0.4) is 0 Å². The van der Waals surface area contributed by atoms with Crippen molar-refractivity contribution in [2.75, 3.05) is 19.7 Å². The van der Waals surface area contributed by atoms with Crippen molar-refractivity contribution in [2.45, 2.75) is 32.5 Å². The normalized spacial score (nSPS) is 20.5. The highest BCUT2D eigenvalue weighted by Gasteiger charge is 2.41. The second-order valence-corrected chi connectivity index (χ2v) is 5.91. The van der Waals surface area contributed by atoms with Gasteiger partial charge in [-0.3, -0.25) is 4.90 Å². The zero-order valence-corrected chi connectivity index (χ0v) is 12.5. The molecule has 0 aromatic carbocycles. The third kappa shape index (κ3) is 4.41. The number of halogens is 3. The molecule has 2 rings (SSSR count). The van der Waals surface area contributed by atoms with Crippen LogP contribution in [-0.4, -0.2) is 41.7 Å². The lowest BCUT2D eigenvalue weighted by atomic mass is 9.98. The van der Waals surface area contributed by atoms with E-state index in [-0.39, 0.29) is 25.3 Å². The molecule has 8 heteroatoms. The third-order valence-electron chi connectivity index (χ3n) is 3.36. The van der Waals surface area contributed by atoms with Crippen LogP contribution >= 0.6 is 11.3 Å². The molecule has 1 saturated heterocycles. The summed E-state index contributed by atoms with van der Waals surface area (Å²) in [6.07, 6.45) is -3.43. The van der Waals surface area contributed by atoms with E-state index in [2.05, 4.69) is 4.98 Å². The molecule has 0 radical (unpaired) electrons. The van der Waals surface area contributed by atoms with Crippen molar-refractivity contribution < 1.29 is 22.7 Å². The van der Waals surface area contributed by atoms with Gasteiger partial charge in [0, 0.05) is 11.9 Å². The van der Waals surface area contributed by atoms with E-state index < -0.39 is 18.1 Å². The number of alkyl halides is 3. The van der Waals surface area contributed by atoms with Gasteiger partial charge < -0.3 is 4.74 Å². The molecule has 2 heterocycles. The summed E-state index contributed by atoms with van der Waals surface area (Å²) in [4.78, 5) is 17.4. The predicted octanol–water partition coefficient (Wildman–Crippen LogP) is 3.09. The van der Waals surface area contributed by atoms with E-state index in [9.17, 15) is 18.0 Å². The fourth-order valence-corrected chi connectivity index (χ4v) is 3.14. The van der Waals surface area contributed by atoms with Crippen molar-refractivity contribution in [3.05, 3.63) is 16.1 Å². The van der Waals surface area contributed by atoms with Crippen LogP contribution in [0.5, 0.6) is 0 Å². The molecule has 1 aromatic heterocycles. The summed E-state index contributed by atoms with van der Waals surface area (Å²) in [5, 5.41) is 2.22. The average molecular weight is 322 g/mol. The first-order valence-corrected chi connectivity index (χ1v) is 7.68. The van der Waals surface area contributed by atoms with Gasteiger partial charge in [-0.25, -0.2) is 9.78 Å². The Labute approximate surface area is 124 Å². The number of rotatable bonds is 4. The van der Waals surface area contributed by atoms with Crippen molar-refractivity contribution >= 4 is 17.3 Å². The van der Waals surface area contributed by atoms with Crippen molar-refractivity contribution in [1.82, 2.24) is 9.88 Å². The number of nitrogens with zero attached hydrogens (tertiary/aromatic N) is 2. The van der Waals surface area contributed by atoms with E-state index in [1.807, 2.05) is 0 Å². The zero-order chi connectivity index (χ0) is 15.5. The van der Waals surface area contributed by atoms with Gasteiger partial charge in [-0.15, -0.1) is 11.3 Å². The number of carbonyl (C=O) groups is 1. The first-order valence-electron chi connectivity index (χ1n) is 6.80. The molecular weight excluding hydrogens is 305 g/mol. The molecule has 1 atom stereocenters. The number of hydrogen-bond acceptors (Lipinski definition) is 5. The maximum atomic E-state index is 12.7. The Morgan fingerprint density at radius 2 is 2.33 bits per heavy atom. The number of esters is 1. The van der Waals surface area contributed by atoms with Crippen LogP contribution in [0.4, 0.5) is 13.2 Å². The topological polar surface area (TPSA) is 42.4 Å². The van der Waals surface area contributed by atoms with Gasteiger partial charge in [0.25, 0.3) is 0 Å². The smallest absolute Gasteiger partial charge is 0.393 e. The van der Waals surface area contributed by atoms with Gasteiger partial charge >= 0.3 is 12.1 Å². The first-order chi connectivity index (χ1) is 9.90.